The van der Waals surface area contributed by atoms with Crippen LogP contribution >= 0.6 is 11.8 Å². The molecule has 1 unspecified atom stereocenters. The second-order valence-electron chi connectivity index (χ2n) is 9.07. The van der Waals surface area contributed by atoms with Gasteiger partial charge in [-0.15, -0.1) is 0 Å². The average Bonchev–Trinajstić information content (AvgIpc) is 3.47. The number of carboxylic acids is 1. The van der Waals surface area contributed by atoms with Gasteiger partial charge in [-0.05, 0) is 0 Å². The minimum atomic E-state index is -0.794. The number of carbonyl (C=O) groups excluding carboxylic acids is 1. The van der Waals surface area contributed by atoms with Gasteiger partial charge in [-0.2, -0.15) is 0 Å². The van der Waals surface area contributed by atoms with Crippen molar-refractivity contribution in [2.24, 2.45) is 0 Å². The van der Waals surface area contributed by atoms with E-state index in [2.05, 4.69) is 77.1 Å². The Balaban J connectivity index is 1.50. The summed E-state index contributed by atoms with van der Waals surface area (Å²) in [6, 6.07) is 17.3. The normalized spacial score (nSPS) is 17.1. The van der Waals surface area contributed by atoms with E-state index < -0.39 is 5.97 Å². The van der Waals surface area contributed by atoms with Crippen molar-refractivity contribution in [3.8, 4) is 0 Å². The van der Waals surface area contributed by atoms with Crippen molar-refractivity contribution in [3.05, 3.63) is 82.4 Å². The molecule has 0 radical (unpaired) electrons. The van der Waals surface area contributed by atoms with Gasteiger partial charge in [-0.1, -0.05) is 0 Å². The Labute approximate surface area is 231 Å². The van der Waals surface area contributed by atoms with Gasteiger partial charge in [0.15, 0.2) is 0 Å². The van der Waals surface area contributed by atoms with Gasteiger partial charge in [0.2, 0.25) is 0 Å². The zero-order valence-electron chi connectivity index (χ0n) is 21.1. The molecule has 5 rings (SSSR count). The molecule has 0 saturated carbocycles. The minimum Gasteiger partial charge on any atom is -0.256 e. The van der Waals surface area contributed by atoms with E-state index in [0.29, 0.717) is 32.2 Å². The number of nitrogens with zero attached hydrogens (tertiary/aromatic N) is 2. The maximum atomic E-state index is 11.5. The number of rotatable bonds is 10. The third kappa shape index (κ3) is 5.44. The molecule has 1 aromatic heterocycles. The zero-order valence-corrected chi connectivity index (χ0v) is 23.6. The van der Waals surface area contributed by atoms with Crippen LogP contribution in [0.1, 0.15) is 17.9 Å². The monoisotopic (exact) mass is 593 g/mol. The number of aromatic nitrogens is 1. The van der Waals surface area contributed by atoms with Gasteiger partial charge in [0, 0.05) is 0 Å². The number of ether oxygens (including phenoxy) is 1. The number of allylic oxidation sites excluding steroid dienone is 4. The first-order chi connectivity index (χ1) is 18.6. The Morgan fingerprint density at radius 2 is 1.82 bits per heavy atom. The van der Waals surface area contributed by atoms with E-state index >= 15 is 0 Å². The Morgan fingerprint density at radius 1 is 1.11 bits per heavy atom. The number of hydrogen-bond donors (Lipinski definition) is 1. The maximum absolute atomic E-state index is 11.5. The molecule has 3 aromatic carbocycles. The second-order valence-corrected chi connectivity index (χ2v) is 12.3. The predicted octanol–water partition coefficient (Wildman–Crippen LogP) is 4.99. The molecule has 1 saturated heterocycles. The number of carbonyl (C=O) groups is 2. The molecule has 1 atom stereocenters. The van der Waals surface area contributed by atoms with Crippen molar-refractivity contribution in [2.45, 2.75) is 25.9 Å². The summed E-state index contributed by atoms with van der Waals surface area (Å²) in [7, 11) is 0. The quantitative estimate of drug-likeness (QED) is 0.0700. The summed E-state index contributed by atoms with van der Waals surface area (Å²) in [5.74, 6) is 0.215. The van der Waals surface area contributed by atoms with Crippen molar-refractivity contribution in [1.82, 2.24) is 4.90 Å². The number of fused-ring (bicyclic) bond motifs is 6. The fraction of sp³-hybridized carbons (Fsp3) is 0.233. The van der Waals surface area contributed by atoms with Crippen molar-refractivity contribution >= 4 is 76.1 Å². The summed E-state index contributed by atoms with van der Waals surface area (Å²) in [5.41, 5.74) is 1.15. The number of carboxylic acid groups (broad SMARTS) is 1. The van der Waals surface area contributed by atoms with Crippen molar-refractivity contribution in [1.29, 1.82) is 0 Å². The summed E-state index contributed by atoms with van der Waals surface area (Å²) < 4.78 is 9.57. The Kier molecular flexibility index (Phi) is 8.32. The van der Waals surface area contributed by atoms with E-state index in [-0.39, 0.29) is 20.9 Å². The summed E-state index contributed by atoms with van der Waals surface area (Å²) in [6.07, 6.45) is 10.4. The molecule has 0 aliphatic carbocycles. The first-order valence-electron chi connectivity index (χ1n) is 12.6. The number of thioether (sulfide) groups is 1. The fourth-order valence-electron chi connectivity index (χ4n) is 4.89. The van der Waals surface area contributed by atoms with Gasteiger partial charge in [-0.25, -0.2) is 0 Å². The molecule has 4 aromatic rings. The van der Waals surface area contributed by atoms with Gasteiger partial charge in [0.25, 0.3) is 0 Å². The summed E-state index contributed by atoms with van der Waals surface area (Å²) >= 11 is 1.85. The van der Waals surface area contributed by atoms with Crippen LogP contribution in [0.4, 0.5) is 0 Å². The molecule has 1 fully saturated rings. The Hall–Kier alpha value is -3.32. The summed E-state index contributed by atoms with van der Waals surface area (Å²) in [4.78, 5) is 24.3. The fourth-order valence-corrected chi connectivity index (χ4v) is 8.73. The third-order valence-electron chi connectivity index (χ3n) is 6.66. The molecule has 0 amide bonds. The molecule has 1 aliphatic rings. The molecular formula is C30H29N2O4SSe+. The van der Waals surface area contributed by atoms with E-state index in [0.717, 1.165) is 15.8 Å². The van der Waals surface area contributed by atoms with Crippen LogP contribution in [0.2, 0.25) is 0 Å². The van der Waals surface area contributed by atoms with Crippen LogP contribution in [-0.4, -0.2) is 61.9 Å². The van der Waals surface area contributed by atoms with Crippen molar-refractivity contribution < 1.29 is 24.0 Å². The minimum absolute atomic E-state index is 0.0480. The molecule has 1 N–H and O–H groups in total. The van der Waals surface area contributed by atoms with Crippen LogP contribution in [-0.2, 0) is 20.9 Å². The van der Waals surface area contributed by atoms with Gasteiger partial charge in [-0.3, -0.25) is 4.79 Å². The van der Waals surface area contributed by atoms with E-state index in [4.69, 9.17) is 4.74 Å². The molecule has 38 heavy (non-hydrogen) atoms. The number of benzene rings is 3. The van der Waals surface area contributed by atoms with Gasteiger partial charge < -0.3 is 0 Å². The van der Waals surface area contributed by atoms with E-state index in [1.807, 2.05) is 18.2 Å². The van der Waals surface area contributed by atoms with Crippen molar-refractivity contribution in [2.75, 3.05) is 18.9 Å². The molecule has 0 bridgehead atoms. The number of aryl methyl sites for hydroxylation is 1. The summed E-state index contributed by atoms with van der Waals surface area (Å²) in [6.45, 7) is 4.17. The van der Waals surface area contributed by atoms with Crippen LogP contribution < -0.4 is 4.57 Å². The van der Waals surface area contributed by atoms with Crippen LogP contribution in [0.25, 0.3) is 37.4 Å². The Morgan fingerprint density at radius 3 is 2.55 bits per heavy atom. The zero-order chi connectivity index (χ0) is 26.5. The average molecular weight is 593 g/mol. The molecule has 194 valence electrons. The molecule has 1 aliphatic heterocycles. The number of hydrogen-bond acceptors (Lipinski definition) is 5. The van der Waals surface area contributed by atoms with Crippen LogP contribution in [0, 0.1) is 0 Å². The van der Waals surface area contributed by atoms with Gasteiger partial charge >= 0.3 is 227 Å². The molecule has 2 heterocycles. The third-order valence-corrected chi connectivity index (χ3v) is 10.5. The molecular weight excluding hydrogens is 563 g/mol. The Bertz CT molecular complexity index is 1590. The predicted molar refractivity (Wildman–Crippen MR) is 155 cm³/mol. The van der Waals surface area contributed by atoms with Crippen molar-refractivity contribution in [3.63, 3.8) is 0 Å². The first kappa shape index (κ1) is 26.3. The van der Waals surface area contributed by atoms with Gasteiger partial charge in [0.1, 0.15) is 0 Å². The van der Waals surface area contributed by atoms with E-state index in [1.165, 1.54) is 30.8 Å². The van der Waals surface area contributed by atoms with Crippen LogP contribution in [0.3, 0.4) is 0 Å². The smallest absolute Gasteiger partial charge is 0.256 e. The van der Waals surface area contributed by atoms with Crippen LogP contribution in [0.5, 0.6) is 0 Å². The van der Waals surface area contributed by atoms with E-state index in [9.17, 15) is 14.7 Å². The SMILES string of the molecule is CC1CS/C(=C/C=C/C=C/c2[se]c3c4ccccc4c4ccccc4c3[n+]2CCC(=O)O)N1CCOC=O. The first-order valence-corrected chi connectivity index (χ1v) is 15.3. The van der Waals surface area contributed by atoms with Gasteiger partial charge in [0.05, 0.1) is 0 Å². The molecule has 8 heteroatoms. The second kappa shape index (κ2) is 12.0. The van der Waals surface area contributed by atoms with Crippen LogP contribution in [0.15, 0.2) is 77.9 Å². The standard InChI is InChI=1S/C30H28N2O4SSe/c1-21-19-37-26(31(21)17-18-36-20-33)13-3-2-4-14-27-32(16-15-28(34)35)29-24-11-7-5-9-22(24)23-10-6-8-12-25(23)30(29)38-27/h2-14,20-21H,15-19H2,1H3/p+1. The number of aliphatic carboxylic acids is 1. The molecule has 0 spiro atoms. The summed E-state index contributed by atoms with van der Waals surface area (Å²) in [5, 5.41) is 15.5. The topological polar surface area (TPSA) is 70.7 Å². The van der Waals surface area contributed by atoms with E-state index in [1.54, 1.807) is 11.8 Å². The molecule has 6 nitrogen and oxygen atoms in total.